The first-order valence-corrected chi connectivity index (χ1v) is 7.65. The summed E-state index contributed by atoms with van der Waals surface area (Å²) < 4.78 is 16.7. The number of aromatic nitrogens is 2. The van der Waals surface area contributed by atoms with E-state index in [4.69, 9.17) is 14.0 Å². The van der Waals surface area contributed by atoms with Crippen LogP contribution in [0.15, 0.2) is 4.52 Å². The first-order chi connectivity index (χ1) is 9.90. The van der Waals surface area contributed by atoms with Gasteiger partial charge in [0, 0.05) is 13.0 Å². The average Bonchev–Trinajstić information content (AvgIpc) is 2.95. The maximum absolute atomic E-state index is 5.80. The molecule has 0 amide bonds. The summed E-state index contributed by atoms with van der Waals surface area (Å²) in [6.45, 7) is 3.33. The summed E-state index contributed by atoms with van der Waals surface area (Å²) in [5.41, 5.74) is 0. The van der Waals surface area contributed by atoms with Crippen molar-refractivity contribution in [2.24, 2.45) is 0 Å². The quantitative estimate of drug-likeness (QED) is 0.881. The van der Waals surface area contributed by atoms with Crippen molar-refractivity contribution in [2.75, 3.05) is 19.7 Å². The Morgan fingerprint density at radius 2 is 2.10 bits per heavy atom. The Balaban J connectivity index is 1.43. The van der Waals surface area contributed by atoms with E-state index in [0.717, 1.165) is 57.6 Å². The third-order valence-electron chi connectivity index (χ3n) is 3.92. The number of nitrogens with zero attached hydrogens (tertiary/aromatic N) is 2. The zero-order chi connectivity index (χ0) is 13.6. The Morgan fingerprint density at radius 1 is 1.20 bits per heavy atom. The summed E-state index contributed by atoms with van der Waals surface area (Å²) in [6, 6.07) is 0. The molecule has 1 atom stereocenters. The van der Waals surface area contributed by atoms with E-state index in [1.54, 1.807) is 0 Å². The molecule has 1 aromatic heterocycles. The van der Waals surface area contributed by atoms with E-state index >= 15 is 0 Å². The van der Waals surface area contributed by atoms with Crippen LogP contribution in [-0.4, -0.2) is 42.0 Å². The Hall–Kier alpha value is -0.980. The van der Waals surface area contributed by atoms with E-state index in [0.29, 0.717) is 18.6 Å². The lowest BCUT2D eigenvalue weighted by atomic mass is 10.1. The van der Waals surface area contributed by atoms with Crippen molar-refractivity contribution in [3.8, 4) is 0 Å². The summed E-state index contributed by atoms with van der Waals surface area (Å²) in [4.78, 5) is 4.39. The van der Waals surface area contributed by atoms with Crippen molar-refractivity contribution in [3.05, 3.63) is 11.7 Å². The standard InChI is InChI=1S/C14H23N3O3/c1-2-8-18-12(3-1)9-13-16-14(20-17-13)10-19-11-4-6-15-7-5-11/h11-12,15H,1-10H2. The topological polar surface area (TPSA) is 69.4 Å². The van der Waals surface area contributed by atoms with Gasteiger partial charge in [-0.3, -0.25) is 0 Å². The largest absolute Gasteiger partial charge is 0.378 e. The molecule has 6 nitrogen and oxygen atoms in total. The van der Waals surface area contributed by atoms with Crippen molar-refractivity contribution in [1.82, 2.24) is 15.5 Å². The monoisotopic (exact) mass is 281 g/mol. The van der Waals surface area contributed by atoms with Crippen LogP contribution in [0.1, 0.15) is 43.8 Å². The normalized spacial score (nSPS) is 24.9. The second kappa shape index (κ2) is 7.15. The third kappa shape index (κ3) is 4.01. The number of ether oxygens (including phenoxy) is 2. The molecule has 6 heteroatoms. The Labute approximate surface area is 119 Å². The predicted octanol–water partition coefficient (Wildman–Crippen LogP) is 1.45. The maximum atomic E-state index is 5.80. The fourth-order valence-electron chi connectivity index (χ4n) is 2.75. The highest BCUT2D eigenvalue weighted by atomic mass is 16.5. The maximum Gasteiger partial charge on any atom is 0.252 e. The van der Waals surface area contributed by atoms with Crippen molar-refractivity contribution >= 4 is 0 Å². The lowest BCUT2D eigenvalue weighted by Gasteiger charge is -2.22. The summed E-state index contributed by atoms with van der Waals surface area (Å²) in [5.74, 6) is 1.31. The van der Waals surface area contributed by atoms with Gasteiger partial charge in [-0.2, -0.15) is 4.98 Å². The molecule has 3 heterocycles. The molecule has 2 fully saturated rings. The lowest BCUT2D eigenvalue weighted by Crippen LogP contribution is -2.32. The summed E-state index contributed by atoms with van der Waals surface area (Å²) in [6.07, 6.45) is 6.90. The Bertz CT molecular complexity index is 398. The predicted molar refractivity (Wildman–Crippen MR) is 72.3 cm³/mol. The van der Waals surface area contributed by atoms with Crippen LogP contribution in [0.4, 0.5) is 0 Å². The Morgan fingerprint density at radius 3 is 2.90 bits per heavy atom. The van der Waals surface area contributed by atoms with Gasteiger partial charge in [-0.15, -0.1) is 0 Å². The number of nitrogens with one attached hydrogen (secondary N) is 1. The molecule has 1 N–H and O–H groups in total. The molecule has 0 bridgehead atoms. The van der Waals surface area contributed by atoms with E-state index in [9.17, 15) is 0 Å². The fraction of sp³-hybridized carbons (Fsp3) is 0.857. The van der Waals surface area contributed by atoms with E-state index in [2.05, 4.69) is 15.5 Å². The molecule has 0 radical (unpaired) electrons. The molecule has 2 aliphatic heterocycles. The van der Waals surface area contributed by atoms with Gasteiger partial charge in [-0.05, 0) is 45.2 Å². The van der Waals surface area contributed by atoms with E-state index < -0.39 is 0 Å². The number of piperidine rings is 1. The van der Waals surface area contributed by atoms with E-state index in [-0.39, 0.29) is 6.10 Å². The smallest absolute Gasteiger partial charge is 0.252 e. The minimum Gasteiger partial charge on any atom is -0.378 e. The molecule has 0 aromatic carbocycles. The molecule has 112 valence electrons. The third-order valence-corrected chi connectivity index (χ3v) is 3.92. The second-order valence-corrected chi connectivity index (χ2v) is 5.56. The highest BCUT2D eigenvalue weighted by Crippen LogP contribution is 2.16. The first kappa shape index (κ1) is 14.0. The van der Waals surface area contributed by atoms with Crippen LogP contribution >= 0.6 is 0 Å². The molecule has 3 rings (SSSR count). The van der Waals surface area contributed by atoms with Crippen LogP contribution in [0, 0.1) is 0 Å². The molecular formula is C14H23N3O3. The van der Waals surface area contributed by atoms with Gasteiger partial charge in [-0.1, -0.05) is 5.16 Å². The summed E-state index contributed by atoms with van der Waals surface area (Å²) >= 11 is 0. The average molecular weight is 281 g/mol. The van der Waals surface area contributed by atoms with Crippen LogP contribution in [0.5, 0.6) is 0 Å². The zero-order valence-electron chi connectivity index (χ0n) is 11.8. The highest BCUT2D eigenvalue weighted by Gasteiger charge is 2.19. The molecule has 2 saturated heterocycles. The van der Waals surface area contributed by atoms with Gasteiger partial charge in [0.2, 0.25) is 0 Å². The molecular weight excluding hydrogens is 258 g/mol. The van der Waals surface area contributed by atoms with Gasteiger partial charge in [0.1, 0.15) is 6.61 Å². The van der Waals surface area contributed by atoms with Gasteiger partial charge < -0.3 is 19.3 Å². The number of hydrogen-bond acceptors (Lipinski definition) is 6. The first-order valence-electron chi connectivity index (χ1n) is 7.65. The molecule has 1 unspecified atom stereocenters. The van der Waals surface area contributed by atoms with Crippen molar-refractivity contribution < 1.29 is 14.0 Å². The van der Waals surface area contributed by atoms with Gasteiger partial charge in [0.05, 0.1) is 12.2 Å². The highest BCUT2D eigenvalue weighted by molar-refractivity contribution is 4.88. The molecule has 1 aromatic rings. The minimum atomic E-state index is 0.250. The van der Waals surface area contributed by atoms with Crippen LogP contribution in [0.2, 0.25) is 0 Å². The number of rotatable bonds is 5. The SMILES string of the molecule is C1CCC(Cc2noc(COC3CCNCC3)n2)OC1. The summed E-state index contributed by atoms with van der Waals surface area (Å²) in [5, 5.41) is 7.33. The van der Waals surface area contributed by atoms with Gasteiger partial charge in [0.25, 0.3) is 5.89 Å². The van der Waals surface area contributed by atoms with E-state index in [1.807, 2.05) is 0 Å². The molecule has 0 saturated carbocycles. The molecule has 2 aliphatic rings. The molecule has 0 spiro atoms. The number of hydrogen-bond donors (Lipinski definition) is 1. The van der Waals surface area contributed by atoms with E-state index in [1.165, 1.54) is 6.42 Å². The van der Waals surface area contributed by atoms with Crippen molar-refractivity contribution in [3.63, 3.8) is 0 Å². The zero-order valence-corrected chi connectivity index (χ0v) is 11.8. The van der Waals surface area contributed by atoms with Crippen LogP contribution in [-0.2, 0) is 22.5 Å². The minimum absolute atomic E-state index is 0.250. The Kier molecular flexibility index (Phi) is 5.00. The van der Waals surface area contributed by atoms with Gasteiger partial charge >= 0.3 is 0 Å². The van der Waals surface area contributed by atoms with Crippen LogP contribution < -0.4 is 5.32 Å². The fourth-order valence-corrected chi connectivity index (χ4v) is 2.75. The van der Waals surface area contributed by atoms with Crippen LogP contribution in [0.3, 0.4) is 0 Å². The lowest BCUT2D eigenvalue weighted by molar-refractivity contribution is 0.00859. The molecule has 20 heavy (non-hydrogen) atoms. The summed E-state index contributed by atoms with van der Waals surface area (Å²) in [7, 11) is 0. The molecule has 0 aliphatic carbocycles. The second-order valence-electron chi connectivity index (χ2n) is 5.56. The van der Waals surface area contributed by atoms with Crippen molar-refractivity contribution in [2.45, 2.75) is 57.3 Å². The van der Waals surface area contributed by atoms with Crippen molar-refractivity contribution in [1.29, 1.82) is 0 Å². The van der Waals surface area contributed by atoms with Gasteiger partial charge in [0.15, 0.2) is 5.82 Å². The van der Waals surface area contributed by atoms with Crippen LogP contribution in [0.25, 0.3) is 0 Å². The van der Waals surface area contributed by atoms with Gasteiger partial charge in [-0.25, -0.2) is 0 Å².